The summed E-state index contributed by atoms with van der Waals surface area (Å²) in [6.07, 6.45) is 0. The maximum Gasteiger partial charge on any atom is 0.325 e. The second kappa shape index (κ2) is 6.94. The first-order valence-electron chi connectivity index (χ1n) is 5.31. The summed E-state index contributed by atoms with van der Waals surface area (Å²) in [5.74, 6) is -0.689. The third-order valence-corrected chi connectivity index (χ3v) is 3.76. The van der Waals surface area contributed by atoms with E-state index in [1.807, 2.05) is 0 Å². The standard InChI is InChI=1S/C12H13ClINO3/c1-3-18-11(16)7-15(2)12(17)8-4-5-10(14)9(13)6-8/h4-6H,3,7H2,1-2H3. The van der Waals surface area contributed by atoms with Crippen LogP contribution in [0.15, 0.2) is 18.2 Å². The van der Waals surface area contributed by atoms with Crippen molar-refractivity contribution in [1.29, 1.82) is 0 Å². The van der Waals surface area contributed by atoms with Crippen LogP contribution >= 0.6 is 34.2 Å². The van der Waals surface area contributed by atoms with Gasteiger partial charge in [-0.2, -0.15) is 0 Å². The Morgan fingerprint density at radius 3 is 2.67 bits per heavy atom. The Morgan fingerprint density at radius 2 is 2.11 bits per heavy atom. The molecule has 1 amide bonds. The van der Waals surface area contributed by atoms with Crippen molar-refractivity contribution in [2.45, 2.75) is 6.92 Å². The molecular weight excluding hydrogens is 368 g/mol. The summed E-state index contributed by atoms with van der Waals surface area (Å²) in [6, 6.07) is 5.03. The summed E-state index contributed by atoms with van der Waals surface area (Å²) in [7, 11) is 1.55. The van der Waals surface area contributed by atoms with Crippen LogP contribution in [0.25, 0.3) is 0 Å². The molecule has 0 aromatic heterocycles. The van der Waals surface area contributed by atoms with Crippen molar-refractivity contribution in [3.8, 4) is 0 Å². The quantitative estimate of drug-likeness (QED) is 0.595. The van der Waals surface area contributed by atoms with E-state index in [1.54, 1.807) is 32.2 Å². The van der Waals surface area contributed by atoms with Crippen molar-refractivity contribution in [2.24, 2.45) is 0 Å². The molecule has 0 fully saturated rings. The van der Waals surface area contributed by atoms with Gasteiger partial charge in [-0.15, -0.1) is 0 Å². The number of halogens is 2. The van der Waals surface area contributed by atoms with Crippen LogP contribution in [0.4, 0.5) is 0 Å². The first-order valence-corrected chi connectivity index (χ1v) is 6.77. The summed E-state index contributed by atoms with van der Waals surface area (Å²) in [5.41, 5.74) is 0.451. The van der Waals surface area contributed by atoms with Gasteiger partial charge in [0.15, 0.2) is 0 Å². The lowest BCUT2D eigenvalue weighted by Crippen LogP contribution is -2.33. The molecule has 1 aromatic rings. The van der Waals surface area contributed by atoms with Gasteiger partial charge in [-0.1, -0.05) is 11.6 Å². The number of hydrogen-bond donors (Lipinski definition) is 0. The van der Waals surface area contributed by atoms with Crippen molar-refractivity contribution >= 4 is 46.1 Å². The predicted octanol–water partition coefficient (Wildman–Crippen LogP) is 2.58. The van der Waals surface area contributed by atoms with E-state index in [0.717, 1.165) is 3.57 Å². The highest BCUT2D eigenvalue weighted by molar-refractivity contribution is 14.1. The Hall–Kier alpha value is -0.820. The Bertz CT molecular complexity index is 465. The van der Waals surface area contributed by atoms with E-state index in [9.17, 15) is 9.59 Å². The lowest BCUT2D eigenvalue weighted by Gasteiger charge is -2.16. The molecule has 1 rings (SSSR count). The zero-order valence-electron chi connectivity index (χ0n) is 10.1. The van der Waals surface area contributed by atoms with Crippen molar-refractivity contribution in [3.63, 3.8) is 0 Å². The van der Waals surface area contributed by atoms with Gasteiger partial charge in [-0.3, -0.25) is 9.59 Å². The summed E-state index contributed by atoms with van der Waals surface area (Å²) in [6.45, 7) is 1.95. The van der Waals surface area contributed by atoms with E-state index in [0.29, 0.717) is 17.2 Å². The average molecular weight is 382 g/mol. The van der Waals surface area contributed by atoms with E-state index in [4.69, 9.17) is 16.3 Å². The van der Waals surface area contributed by atoms with Gasteiger partial charge in [0.25, 0.3) is 5.91 Å². The minimum absolute atomic E-state index is 0.0731. The van der Waals surface area contributed by atoms with Gasteiger partial charge < -0.3 is 9.64 Å². The highest BCUT2D eigenvalue weighted by Gasteiger charge is 2.16. The van der Waals surface area contributed by atoms with E-state index in [-0.39, 0.29) is 12.5 Å². The molecule has 0 atom stereocenters. The van der Waals surface area contributed by atoms with Crippen molar-refractivity contribution in [1.82, 2.24) is 4.90 Å². The van der Waals surface area contributed by atoms with Crippen molar-refractivity contribution in [2.75, 3.05) is 20.2 Å². The fourth-order valence-electron chi connectivity index (χ4n) is 1.32. The van der Waals surface area contributed by atoms with Crippen LogP contribution in [-0.2, 0) is 9.53 Å². The number of carbonyl (C=O) groups excluding carboxylic acids is 2. The first-order chi connectivity index (χ1) is 8.45. The molecular formula is C12H13ClINO3. The zero-order valence-corrected chi connectivity index (χ0v) is 13.0. The van der Waals surface area contributed by atoms with E-state index in [1.165, 1.54) is 4.90 Å². The molecule has 6 heteroatoms. The molecule has 0 bridgehead atoms. The molecule has 18 heavy (non-hydrogen) atoms. The summed E-state index contributed by atoms with van der Waals surface area (Å²) < 4.78 is 5.66. The Balaban J connectivity index is 2.74. The van der Waals surface area contributed by atoms with Gasteiger partial charge >= 0.3 is 5.97 Å². The van der Waals surface area contributed by atoms with Gasteiger partial charge in [0.2, 0.25) is 0 Å². The van der Waals surface area contributed by atoms with Crippen molar-refractivity contribution in [3.05, 3.63) is 32.4 Å². The molecule has 0 saturated carbocycles. The van der Waals surface area contributed by atoms with Crippen LogP contribution in [0, 0.1) is 3.57 Å². The summed E-state index contributed by atoms with van der Waals surface area (Å²) >= 11 is 8.03. The fraction of sp³-hybridized carbons (Fsp3) is 0.333. The van der Waals surface area contributed by atoms with E-state index < -0.39 is 5.97 Å². The highest BCUT2D eigenvalue weighted by Crippen LogP contribution is 2.20. The summed E-state index contributed by atoms with van der Waals surface area (Å²) in [4.78, 5) is 24.6. The Kier molecular flexibility index (Phi) is 5.87. The molecule has 4 nitrogen and oxygen atoms in total. The predicted molar refractivity (Wildman–Crippen MR) is 77.8 cm³/mol. The monoisotopic (exact) mass is 381 g/mol. The Morgan fingerprint density at radius 1 is 1.44 bits per heavy atom. The zero-order chi connectivity index (χ0) is 13.7. The molecule has 0 spiro atoms. The molecule has 0 aliphatic rings. The maximum atomic E-state index is 12.0. The van der Waals surface area contributed by atoms with E-state index >= 15 is 0 Å². The molecule has 1 aromatic carbocycles. The highest BCUT2D eigenvalue weighted by atomic mass is 127. The fourth-order valence-corrected chi connectivity index (χ4v) is 1.84. The third-order valence-electron chi connectivity index (χ3n) is 2.18. The number of nitrogens with zero attached hydrogens (tertiary/aromatic N) is 1. The largest absolute Gasteiger partial charge is 0.465 e. The minimum atomic E-state index is -0.426. The molecule has 0 heterocycles. The lowest BCUT2D eigenvalue weighted by molar-refractivity contribution is -0.143. The SMILES string of the molecule is CCOC(=O)CN(C)C(=O)c1ccc(I)c(Cl)c1. The number of benzene rings is 1. The minimum Gasteiger partial charge on any atom is -0.465 e. The molecule has 0 radical (unpaired) electrons. The van der Waals surface area contributed by atoms with Crippen LogP contribution in [0.3, 0.4) is 0 Å². The molecule has 0 N–H and O–H groups in total. The smallest absolute Gasteiger partial charge is 0.325 e. The average Bonchev–Trinajstić information content (AvgIpc) is 2.32. The number of amides is 1. The molecule has 98 valence electrons. The number of rotatable bonds is 4. The maximum absolute atomic E-state index is 12.0. The van der Waals surface area contributed by atoms with Gasteiger partial charge in [0.05, 0.1) is 11.6 Å². The van der Waals surface area contributed by atoms with Crippen molar-refractivity contribution < 1.29 is 14.3 Å². The Labute approximate surface area is 124 Å². The number of hydrogen-bond acceptors (Lipinski definition) is 3. The third kappa shape index (κ3) is 4.13. The van der Waals surface area contributed by atoms with Crippen LogP contribution in [0.2, 0.25) is 5.02 Å². The first kappa shape index (κ1) is 15.2. The van der Waals surface area contributed by atoms with Crippen LogP contribution in [0.1, 0.15) is 17.3 Å². The van der Waals surface area contributed by atoms with Gasteiger partial charge in [0.1, 0.15) is 6.54 Å². The molecule has 0 aliphatic heterocycles. The van der Waals surface area contributed by atoms with Crippen LogP contribution in [0.5, 0.6) is 0 Å². The van der Waals surface area contributed by atoms with Crippen LogP contribution < -0.4 is 0 Å². The van der Waals surface area contributed by atoms with Gasteiger partial charge in [0, 0.05) is 16.2 Å². The number of likely N-dealkylation sites (N-methyl/N-ethyl adjacent to an activating group) is 1. The van der Waals surface area contributed by atoms with E-state index in [2.05, 4.69) is 22.6 Å². The number of carbonyl (C=O) groups is 2. The molecule has 0 unspecified atom stereocenters. The number of esters is 1. The molecule has 0 saturated heterocycles. The second-order valence-electron chi connectivity index (χ2n) is 3.60. The number of ether oxygens (including phenoxy) is 1. The molecule has 0 aliphatic carbocycles. The normalized spacial score (nSPS) is 10.0. The van der Waals surface area contributed by atoms with Crippen LogP contribution in [-0.4, -0.2) is 37.0 Å². The summed E-state index contributed by atoms with van der Waals surface area (Å²) in [5, 5.41) is 0.519. The topological polar surface area (TPSA) is 46.6 Å². The second-order valence-corrected chi connectivity index (χ2v) is 5.16. The van der Waals surface area contributed by atoms with Gasteiger partial charge in [-0.25, -0.2) is 0 Å². The van der Waals surface area contributed by atoms with Gasteiger partial charge in [-0.05, 0) is 47.7 Å². The lowest BCUT2D eigenvalue weighted by atomic mass is 10.2.